The van der Waals surface area contributed by atoms with Crippen LogP contribution >= 0.6 is 15.9 Å². The van der Waals surface area contributed by atoms with Crippen molar-refractivity contribution in [2.45, 2.75) is 33.0 Å². The first-order valence-corrected chi connectivity index (χ1v) is 7.47. The summed E-state index contributed by atoms with van der Waals surface area (Å²) in [6.07, 6.45) is -1.04. The van der Waals surface area contributed by atoms with Gasteiger partial charge < -0.3 is 19.3 Å². The van der Waals surface area contributed by atoms with Gasteiger partial charge in [-0.25, -0.2) is 0 Å². The molecule has 5 heteroatoms. The van der Waals surface area contributed by atoms with E-state index in [1.54, 1.807) is 20.3 Å². The smallest absolute Gasteiger partial charge is 0.142 e. The number of rotatable bonds is 7. The molecule has 2 unspecified atom stereocenters. The molecule has 114 valence electrons. The second kappa shape index (κ2) is 7.86. The summed E-state index contributed by atoms with van der Waals surface area (Å²) in [4.78, 5) is 0. The third-order valence-corrected chi connectivity index (χ3v) is 3.91. The number of benzene rings is 1. The maximum absolute atomic E-state index is 10.6. The van der Waals surface area contributed by atoms with Crippen LogP contribution in [0.2, 0.25) is 0 Å². The lowest BCUT2D eigenvalue weighted by Gasteiger charge is -2.28. The van der Waals surface area contributed by atoms with Gasteiger partial charge in [-0.15, -0.1) is 0 Å². The summed E-state index contributed by atoms with van der Waals surface area (Å²) in [5, 5.41) is 10.6. The summed E-state index contributed by atoms with van der Waals surface area (Å²) in [6.45, 7) is 6.52. The van der Waals surface area contributed by atoms with Gasteiger partial charge in [0.1, 0.15) is 22.1 Å². The average Bonchev–Trinajstić information content (AvgIpc) is 2.43. The molecule has 1 N–H and O–H groups in total. The van der Waals surface area contributed by atoms with Crippen LogP contribution in [-0.2, 0) is 4.74 Å². The average molecular weight is 347 g/mol. The Balaban J connectivity index is 3.20. The van der Waals surface area contributed by atoms with E-state index >= 15 is 0 Å². The van der Waals surface area contributed by atoms with Crippen molar-refractivity contribution in [1.82, 2.24) is 0 Å². The summed E-state index contributed by atoms with van der Waals surface area (Å²) in [5.74, 6) is 1.42. The molecule has 0 aliphatic carbocycles. The predicted octanol–water partition coefficient (Wildman–Crippen LogP) is 3.56. The standard InChI is InChI=1S/C15H23BrO4/c1-6-20-14(9(2)3)13(17)10-7-8-11(18-4)12(16)15(10)19-5/h7-9,13-14,17H,6H2,1-5H3. The molecule has 20 heavy (non-hydrogen) atoms. The fourth-order valence-electron chi connectivity index (χ4n) is 2.17. The minimum Gasteiger partial charge on any atom is -0.495 e. The van der Waals surface area contributed by atoms with Crippen molar-refractivity contribution in [1.29, 1.82) is 0 Å². The van der Waals surface area contributed by atoms with Gasteiger partial charge in [-0.05, 0) is 40.9 Å². The molecular weight excluding hydrogens is 324 g/mol. The van der Waals surface area contributed by atoms with Crippen LogP contribution < -0.4 is 9.47 Å². The van der Waals surface area contributed by atoms with Gasteiger partial charge >= 0.3 is 0 Å². The molecule has 1 aromatic carbocycles. The van der Waals surface area contributed by atoms with Crippen LogP contribution in [0.1, 0.15) is 32.4 Å². The van der Waals surface area contributed by atoms with Crippen LogP contribution in [-0.4, -0.2) is 32.0 Å². The number of hydrogen-bond acceptors (Lipinski definition) is 4. The Labute approximate surface area is 129 Å². The summed E-state index contributed by atoms with van der Waals surface area (Å²) < 4.78 is 17.0. The molecule has 1 rings (SSSR count). The Bertz CT molecular complexity index is 434. The van der Waals surface area contributed by atoms with E-state index in [0.29, 0.717) is 28.1 Å². The monoisotopic (exact) mass is 346 g/mol. The van der Waals surface area contributed by atoms with Gasteiger partial charge in [0.25, 0.3) is 0 Å². The molecule has 0 radical (unpaired) electrons. The summed E-state index contributed by atoms with van der Waals surface area (Å²) in [6, 6.07) is 3.61. The molecule has 0 saturated carbocycles. The number of aliphatic hydroxyl groups is 1. The lowest BCUT2D eigenvalue weighted by Crippen LogP contribution is -2.28. The molecule has 0 heterocycles. The summed E-state index contributed by atoms with van der Waals surface area (Å²) >= 11 is 3.44. The number of aliphatic hydroxyl groups excluding tert-OH is 1. The molecule has 0 saturated heterocycles. The van der Waals surface area contributed by atoms with Gasteiger partial charge in [-0.1, -0.05) is 13.8 Å². The molecule has 0 aromatic heterocycles. The Morgan fingerprint density at radius 3 is 2.30 bits per heavy atom. The molecule has 4 nitrogen and oxygen atoms in total. The van der Waals surface area contributed by atoms with Crippen LogP contribution in [0.3, 0.4) is 0 Å². The van der Waals surface area contributed by atoms with Crippen LogP contribution in [0.5, 0.6) is 11.5 Å². The molecule has 1 aromatic rings. The molecule has 2 atom stereocenters. The van der Waals surface area contributed by atoms with Gasteiger partial charge in [-0.3, -0.25) is 0 Å². The van der Waals surface area contributed by atoms with Crippen molar-refractivity contribution >= 4 is 15.9 Å². The summed E-state index contributed by atoms with van der Waals surface area (Å²) in [5.41, 5.74) is 0.687. The molecule has 0 spiro atoms. The Kier molecular flexibility index (Phi) is 6.79. The highest BCUT2D eigenvalue weighted by atomic mass is 79.9. The highest BCUT2D eigenvalue weighted by Crippen LogP contribution is 2.41. The quantitative estimate of drug-likeness (QED) is 0.819. The second-order valence-corrected chi connectivity index (χ2v) is 5.61. The first-order chi connectivity index (χ1) is 9.47. The van der Waals surface area contributed by atoms with Crippen LogP contribution in [0, 0.1) is 5.92 Å². The van der Waals surface area contributed by atoms with Crippen molar-refractivity contribution in [2.24, 2.45) is 5.92 Å². The predicted molar refractivity (Wildman–Crippen MR) is 82.5 cm³/mol. The minimum atomic E-state index is -0.757. The van der Waals surface area contributed by atoms with E-state index in [2.05, 4.69) is 15.9 Å². The van der Waals surface area contributed by atoms with Gasteiger partial charge in [0.05, 0.1) is 20.3 Å². The first-order valence-electron chi connectivity index (χ1n) is 6.67. The van der Waals surface area contributed by atoms with Crippen molar-refractivity contribution in [2.75, 3.05) is 20.8 Å². The number of ether oxygens (including phenoxy) is 3. The normalized spacial score (nSPS) is 14.2. The molecule has 0 aliphatic heterocycles. The second-order valence-electron chi connectivity index (χ2n) is 4.81. The van der Waals surface area contributed by atoms with Crippen LogP contribution in [0.4, 0.5) is 0 Å². The molecule has 0 fully saturated rings. The van der Waals surface area contributed by atoms with E-state index in [1.165, 1.54) is 0 Å². The van der Waals surface area contributed by atoms with Crippen molar-refractivity contribution < 1.29 is 19.3 Å². The maximum Gasteiger partial charge on any atom is 0.142 e. The van der Waals surface area contributed by atoms with Gasteiger partial charge in [0.15, 0.2) is 0 Å². The van der Waals surface area contributed by atoms with Gasteiger partial charge in [0, 0.05) is 12.2 Å². The SMILES string of the molecule is CCOC(C(C)C)C(O)c1ccc(OC)c(Br)c1OC. The number of methoxy groups -OCH3 is 2. The Morgan fingerprint density at radius 2 is 1.85 bits per heavy atom. The zero-order valence-electron chi connectivity index (χ0n) is 12.6. The third-order valence-electron chi connectivity index (χ3n) is 3.16. The number of hydrogen-bond donors (Lipinski definition) is 1. The number of halogens is 1. The molecule has 0 aliphatic rings. The molecule has 0 amide bonds. The van der Waals surface area contributed by atoms with Gasteiger partial charge in [0.2, 0.25) is 0 Å². The van der Waals surface area contributed by atoms with Crippen molar-refractivity contribution in [3.05, 3.63) is 22.2 Å². The highest BCUT2D eigenvalue weighted by molar-refractivity contribution is 9.10. The largest absolute Gasteiger partial charge is 0.495 e. The highest BCUT2D eigenvalue weighted by Gasteiger charge is 2.28. The Hall–Kier alpha value is -0.780. The lowest BCUT2D eigenvalue weighted by atomic mass is 9.95. The van der Waals surface area contributed by atoms with E-state index in [0.717, 1.165) is 0 Å². The fraction of sp³-hybridized carbons (Fsp3) is 0.600. The zero-order chi connectivity index (χ0) is 15.3. The van der Waals surface area contributed by atoms with E-state index < -0.39 is 6.10 Å². The topological polar surface area (TPSA) is 47.9 Å². The van der Waals surface area contributed by atoms with E-state index in [-0.39, 0.29) is 12.0 Å². The Morgan fingerprint density at radius 1 is 1.20 bits per heavy atom. The van der Waals surface area contributed by atoms with Gasteiger partial charge in [-0.2, -0.15) is 0 Å². The molecule has 0 bridgehead atoms. The minimum absolute atomic E-state index is 0.190. The summed E-state index contributed by atoms with van der Waals surface area (Å²) in [7, 11) is 3.16. The van der Waals surface area contributed by atoms with Crippen LogP contribution in [0.25, 0.3) is 0 Å². The zero-order valence-corrected chi connectivity index (χ0v) is 14.2. The van der Waals surface area contributed by atoms with E-state index in [1.807, 2.05) is 26.8 Å². The maximum atomic E-state index is 10.6. The fourth-order valence-corrected chi connectivity index (χ4v) is 2.85. The van der Waals surface area contributed by atoms with Crippen LogP contribution in [0.15, 0.2) is 16.6 Å². The van der Waals surface area contributed by atoms with E-state index in [4.69, 9.17) is 14.2 Å². The first kappa shape index (κ1) is 17.3. The third kappa shape index (κ3) is 3.65. The molecular formula is C15H23BrO4. The van der Waals surface area contributed by atoms with Crippen molar-refractivity contribution in [3.8, 4) is 11.5 Å². The van der Waals surface area contributed by atoms with E-state index in [9.17, 15) is 5.11 Å². The lowest BCUT2D eigenvalue weighted by molar-refractivity contribution is -0.0592. The van der Waals surface area contributed by atoms with Crippen molar-refractivity contribution in [3.63, 3.8) is 0 Å².